The van der Waals surface area contributed by atoms with Crippen LogP contribution in [0.2, 0.25) is 0 Å². The highest BCUT2D eigenvalue weighted by Crippen LogP contribution is 2.24. The number of amides is 2. The second-order valence-electron chi connectivity index (χ2n) is 5.96. The van der Waals surface area contributed by atoms with Crippen LogP contribution in [0, 0.1) is 12.7 Å². The van der Waals surface area contributed by atoms with Gasteiger partial charge in [-0.05, 0) is 49.7 Å². The minimum Gasteiger partial charge on any atom is -0.325 e. The smallest absolute Gasteiger partial charge is 0.254 e. The predicted molar refractivity (Wildman–Crippen MR) is 90.4 cm³/mol. The van der Waals surface area contributed by atoms with Gasteiger partial charge in [0.15, 0.2) is 0 Å². The van der Waals surface area contributed by atoms with E-state index in [2.05, 4.69) is 0 Å². The summed E-state index contributed by atoms with van der Waals surface area (Å²) in [6, 6.07) is 12.5. The number of hydrogen-bond acceptors (Lipinski definition) is 2. The number of aryl methyl sites for hydroxylation is 1. The zero-order chi connectivity index (χ0) is 17.3. The molecule has 4 nitrogen and oxygen atoms in total. The van der Waals surface area contributed by atoms with E-state index in [-0.39, 0.29) is 17.6 Å². The summed E-state index contributed by atoms with van der Waals surface area (Å²) >= 11 is 0. The van der Waals surface area contributed by atoms with Gasteiger partial charge in [-0.15, -0.1) is 0 Å². The highest BCUT2D eigenvalue weighted by Gasteiger charge is 2.35. The number of carbonyl (C=O) groups is 2. The third-order valence-electron chi connectivity index (χ3n) is 4.41. The van der Waals surface area contributed by atoms with Crippen LogP contribution in [0.1, 0.15) is 22.8 Å². The van der Waals surface area contributed by atoms with Crippen LogP contribution in [0.15, 0.2) is 48.5 Å². The van der Waals surface area contributed by atoms with Crippen molar-refractivity contribution in [2.45, 2.75) is 19.9 Å². The SMILES string of the molecule is Cc1ccccc1N1CCN(C(=O)c2ccc(F)cc2)[C@H](C)C1=O. The number of para-hydroxylation sites is 1. The number of halogens is 1. The monoisotopic (exact) mass is 326 g/mol. The Morgan fingerprint density at radius 3 is 2.42 bits per heavy atom. The summed E-state index contributed by atoms with van der Waals surface area (Å²) in [7, 11) is 0. The first-order chi connectivity index (χ1) is 11.5. The van der Waals surface area contributed by atoms with E-state index in [1.54, 1.807) is 16.7 Å². The number of anilines is 1. The largest absolute Gasteiger partial charge is 0.325 e. The molecule has 0 aliphatic carbocycles. The van der Waals surface area contributed by atoms with Crippen LogP contribution in [0.5, 0.6) is 0 Å². The van der Waals surface area contributed by atoms with Crippen molar-refractivity contribution in [2.75, 3.05) is 18.0 Å². The molecule has 1 atom stereocenters. The van der Waals surface area contributed by atoms with Gasteiger partial charge >= 0.3 is 0 Å². The van der Waals surface area contributed by atoms with Crippen molar-refractivity contribution in [1.29, 1.82) is 0 Å². The van der Waals surface area contributed by atoms with Gasteiger partial charge in [0, 0.05) is 24.3 Å². The van der Waals surface area contributed by atoms with Gasteiger partial charge < -0.3 is 9.80 Å². The predicted octanol–water partition coefficient (Wildman–Crippen LogP) is 3.01. The molecular formula is C19H19FN2O2. The van der Waals surface area contributed by atoms with Crippen LogP contribution in [0.3, 0.4) is 0 Å². The maximum absolute atomic E-state index is 13.0. The van der Waals surface area contributed by atoms with Crippen LogP contribution in [0.4, 0.5) is 10.1 Å². The van der Waals surface area contributed by atoms with Gasteiger partial charge in [-0.1, -0.05) is 18.2 Å². The summed E-state index contributed by atoms with van der Waals surface area (Å²) in [4.78, 5) is 28.6. The molecule has 1 heterocycles. The number of hydrogen-bond donors (Lipinski definition) is 0. The van der Waals surface area contributed by atoms with Gasteiger partial charge in [0.05, 0.1) is 0 Å². The fourth-order valence-corrected chi connectivity index (χ4v) is 3.01. The van der Waals surface area contributed by atoms with Crippen molar-refractivity contribution in [3.63, 3.8) is 0 Å². The molecule has 124 valence electrons. The quantitative estimate of drug-likeness (QED) is 0.851. The number of carbonyl (C=O) groups excluding carboxylic acids is 2. The number of nitrogens with zero attached hydrogens (tertiary/aromatic N) is 2. The Morgan fingerprint density at radius 2 is 1.75 bits per heavy atom. The van der Waals surface area contributed by atoms with E-state index in [1.165, 1.54) is 24.3 Å². The highest BCUT2D eigenvalue weighted by atomic mass is 19.1. The molecule has 3 rings (SSSR count). The summed E-state index contributed by atoms with van der Waals surface area (Å²) in [6.45, 7) is 4.58. The molecule has 0 radical (unpaired) electrons. The highest BCUT2D eigenvalue weighted by molar-refractivity contribution is 6.03. The number of piperazine rings is 1. The van der Waals surface area contributed by atoms with Crippen LogP contribution in [0.25, 0.3) is 0 Å². The van der Waals surface area contributed by atoms with E-state index in [0.717, 1.165) is 11.3 Å². The second-order valence-corrected chi connectivity index (χ2v) is 5.96. The Bertz CT molecular complexity index is 773. The molecule has 0 aromatic heterocycles. The van der Waals surface area contributed by atoms with Crippen LogP contribution >= 0.6 is 0 Å². The lowest BCUT2D eigenvalue weighted by molar-refractivity contribution is -0.124. The average Bonchev–Trinajstić information content (AvgIpc) is 2.58. The molecule has 1 aliphatic rings. The van der Waals surface area contributed by atoms with Gasteiger partial charge in [0.2, 0.25) is 5.91 Å². The molecule has 1 fully saturated rings. The summed E-state index contributed by atoms with van der Waals surface area (Å²) in [5.74, 6) is -0.744. The van der Waals surface area contributed by atoms with Crippen LogP contribution in [-0.2, 0) is 4.79 Å². The molecule has 2 aromatic rings. The molecule has 0 saturated carbocycles. The Kier molecular flexibility index (Phi) is 4.34. The Hall–Kier alpha value is -2.69. The topological polar surface area (TPSA) is 40.6 Å². The fraction of sp³-hybridized carbons (Fsp3) is 0.263. The lowest BCUT2D eigenvalue weighted by Gasteiger charge is -2.39. The van der Waals surface area contributed by atoms with Gasteiger partial charge in [-0.3, -0.25) is 9.59 Å². The maximum atomic E-state index is 13.0. The molecule has 5 heteroatoms. The summed E-state index contributed by atoms with van der Waals surface area (Å²) in [5.41, 5.74) is 2.29. The van der Waals surface area contributed by atoms with Crippen molar-refractivity contribution in [3.05, 3.63) is 65.5 Å². The molecule has 1 saturated heterocycles. The minimum atomic E-state index is -0.559. The molecule has 24 heavy (non-hydrogen) atoms. The zero-order valence-corrected chi connectivity index (χ0v) is 13.7. The average molecular weight is 326 g/mol. The third kappa shape index (κ3) is 2.89. The van der Waals surface area contributed by atoms with E-state index in [9.17, 15) is 14.0 Å². The van der Waals surface area contributed by atoms with E-state index in [4.69, 9.17) is 0 Å². The molecule has 2 amide bonds. The number of rotatable bonds is 2. The first kappa shape index (κ1) is 16.2. The van der Waals surface area contributed by atoms with Gasteiger partial charge in [0.1, 0.15) is 11.9 Å². The van der Waals surface area contributed by atoms with Gasteiger partial charge in [0.25, 0.3) is 5.91 Å². The van der Waals surface area contributed by atoms with Crippen molar-refractivity contribution >= 4 is 17.5 Å². The van der Waals surface area contributed by atoms with Crippen molar-refractivity contribution in [1.82, 2.24) is 4.90 Å². The zero-order valence-electron chi connectivity index (χ0n) is 13.7. The van der Waals surface area contributed by atoms with E-state index >= 15 is 0 Å². The molecule has 0 bridgehead atoms. The maximum Gasteiger partial charge on any atom is 0.254 e. The lowest BCUT2D eigenvalue weighted by Crippen LogP contribution is -2.57. The summed E-state index contributed by atoms with van der Waals surface area (Å²) in [6.07, 6.45) is 0. The lowest BCUT2D eigenvalue weighted by atomic mass is 10.1. The summed E-state index contributed by atoms with van der Waals surface area (Å²) < 4.78 is 13.0. The van der Waals surface area contributed by atoms with E-state index < -0.39 is 6.04 Å². The fourth-order valence-electron chi connectivity index (χ4n) is 3.01. The second kappa shape index (κ2) is 6.43. The number of benzene rings is 2. The minimum absolute atomic E-state index is 0.106. The van der Waals surface area contributed by atoms with Gasteiger partial charge in [-0.25, -0.2) is 4.39 Å². The Labute approximate surface area is 140 Å². The molecule has 0 spiro atoms. The van der Waals surface area contributed by atoms with Crippen LogP contribution in [-0.4, -0.2) is 35.8 Å². The van der Waals surface area contributed by atoms with Crippen LogP contribution < -0.4 is 4.90 Å². The molecule has 0 N–H and O–H groups in total. The van der Waals surface area contributed by atoms with Crippen molar-refractivity contribution in [3.8, 4) is 0 Å². The molecule has 0 unspecified atom stereocenters. The Balaban J connectivity index is 1.81. The van der Waals surface area contributed by atoms with E-state index in [1.807, 2.05) is 31.2 Å². The molecular weight excluding hydrogens is 307 g/mol. The van der Waals surface area contributed by atoms with Crippen molar-refractivity contribution < 1.29 is 14.0 Å². The Morgan fingerprint density at radius 1 is 1.08 bits per heavy atom. The first-order valence-electron chi connectivity index (χ1n) is 7.92. The molecule has 2 aromatic carbocycles. The standard InChI is InChI=1S/C19H19FN2O2/c1-13-5-3-4-6-17(13)22-12-11-21(14(2)18(22)23)19(24)15-7-9-16(20)10-8-15/h3-10,14H,11-12H2,1-2H3/t14-/m1/s1. The van der Waals surface area contributed by atoms with Gasteiger partial charge in [-0.2, -0.15) is 0 Å². The van der Waals surface area contributed by atoms with Crippen molar-refractivity contribution in [2.24, 2.45) is 0 Å². The first-order valence-corrected chi connectivity index (χ1v) is 7.92. The third-order valence-corrected chi connectivity index (χ3v) is 4.41. The normalized spacial score (nSPS) is 18.0. The summed E-state index contributed by atoms with van der Waals surface area (Å²) in [5, 5.41) is 0. The molecule has 1 aliphatic heterocycles. The van der Waals surface area contributed by atoms with E-state index in [0.29, 0.717) is 18.7 Å².